The summed E-state index contributed by atoms with van der Waals surface area (Å²) in [5.41, 5.74) is 4.74. The number of aromatic nitrogens is 3. The smallest absolute Gasteiger partial charge is 0.252 e. The van der Waals surface area contributed by atoms with Gasteiger partial charge in [0.25, 0.3) is 5.91 Å². The molecule has 1 aliphatic rings. The van der Waals surface area contributed by atoms with Crippen LogP contribution in [-0.4, -0.2) is 26.8 Å². The minimum absolute atomic E-state index is 0.0964. The van der Waals surface area contributed by atoms with E-state index in [0.717, 1.165) is 11.3 Å². The molecule has 3 heterocycles. The number of H-pyrrole nitrogens is 1. The lowest BCUT2D eigenvalue weighted by Crippen LogP contribution is -2.15. The predicted octanol–water partition coefficient (Wildman–Crippen LogP) is 4.01. The summed E-state index contributed by atoms with van der Waals surface area (Å²) in [7, 11) is 0. The van der Waals surface area contributed by atoms with Gasteiger partial charge in [-0.05, 0) is 54.4 Å². The second kappa shape index (κ2) is 8.31. The zero-order chi connectivity index (χ0) is 22.9. The van der Waals surface area contributed by atoms with Crippen LogP contribution in [0.2, 0.25) is 0 Å². The molecule has 1 aliphatic heterocycles. The molecule has 7 nitrogen and oxygen atoms in total. The first kappa shape index (κ1) is 20.6. The summed E-state index contributed by atoms with van der Waals surface area (Å²) in [5, 5.41) is 5.53. The largest absolute Gasteiger partial charge is 0.348 e. The Kier molecular flexibility index (Phi) is 5.18. The van der Waals surface area contributed by atoms with E-state index in [1.807, 2.05) is 6.92 Å². The van der Waals surface area contributed by atoms with Gasteiger partial charge in [0.1, 0.15) is 11.6 Å². The first-order chi connectivity index (χ1) is 16.0. The molecule has 0 spiro atoms. The predicted molar refractivity (Wildman–Crippen MR) is 122 cm³/mol. The molecule has 2 aromatic carbocycles. The average molecular weight is 441 g/mol. The van der Waals surface area contributed by atoms with Crippen molar-refractivity contribution in [1.29, 1.82) is 0 Å². The molecular formula is C25H20FN5O2. The molecule has 2 amide bonds. The summed E-state index contributed by atoms with van der Waals surface area (Å²) < 4.78 is 15.1. The number of amides is 2. The number of carbonyl (C=O) groups is 2. The number of anilines is 1. The highest BCUT2D eigenvalue weighted by molar-refractivity contribution is 6.06. The third-order valence-corrected chi connectivity index (χ3v) is 5.53. The Morgan fingerprint density at radius 2 is 1.91 bits per heavy atom. The number of halogens is 1. The Hall–Kier alpha value is -4.33. The lowest BCUT2D eigenvalue weighted by molar-refractivity contribution is -0.115. The van der Waals surface area contributed by atoms with Crippen LogP contribution in [0, 0.1) is 12.7 Å². The molecule has 0 fully saturated rings. The van der Waals surface area contributed by atoms with Crippen LogP contribution in [0.1, 0.15) is 27.3 Å². The molecule has 0 bridgehead atoms. The molecule has 8 heteroatoms. The van der Waals surface area contributed by atoms with Crippen LogP contribution < -0.4 is 10.6 Å². The number of nitrogens with one attached hydrogen (secondary N) is 3. The Morgan fingerprint density at radius 3 is 2.64 bits per heavy atom. The number of rotatable bonds is 5. The number of hydrogen-bond acceptors (Lipinski definition) is 4. The number of aromatic amines is 1. The van der Waals surface area contributed by atoms with Gasteiger partial charge in [-0.3, -0.25) is 14.6 Å². The fourth-order valence-electron chi connectivity index (χ4n) is 4.03. The van der Waals surface area contributed by atoms with Crippen LogP contribution >= 0.6 is 0 Å². The van der Waals surface area contributed by atoms with E-state index in [-0.39, 0.29) is 18.2 Å². The Labute approximate surface area is 189 Å². The third-order valence-electron chi connectivity index (χ3n) is 5.53. The molecule has 164 valence electrons. The van der Waals surface area contributed by atoms with Gasteiger partial charge in [-0.1, -0.05) is 12.1 Å². The van der Waals surface area contributed by atoms with Crippen molar-refractivity contribution in [2.75, 3.05) is 5.32 Å². The fourth-order valence-corrected chi connectivity index (χ4v) is 4.03. The van der Waals surface area contributed by atoms with Gasteiger partial charge >= 0.3 is 0 Å². The highest BCUT2D eigenvalue weighted by Crippen LogP contribution is 2.36. The van der Waals surface area contributed by atoms with E-state index in [1.165, 1.54) is 6.07 Å². The van der Waals surface area contributed by atoms with Crippen LogP contribution in [-0.2, 0) is 17.8 Å². The van der Waals surface area contributed by atoms with Gasteiger partial charge in [0.15, 0.2) is 0 Å². The molecule has 0 aliphatic carbocycles. The van der Waals surface area contributed by atoms with E-state index in [9.17, 15) is 9.59 Å². The van der Waals surface area contributed by atoms with Gasteiger partial charge in [-0.2, -0.15) is 0 Å². The van der Waals surface area contributed by atoms with Crippen molar-refractivity contribution in [3.05, 3.63) is 89.3 Å². The Balaban J connectivity index is 1.44. The maximum atomic E-state index is 15.1. The number of hydrogen-bond donors (Lipinski definition) is 3. The zero-order valence-electron chi connectivity index (χ0n) is 17.8. The zero-order valence-corrected chi connectivity index (χ0v) is 17.8. The number of aryl methyl sites for hydroxylation is 1. The van der Waals surface area contributed by atoms with Crippen LogP contribution in [0.3, 0.4) is 0 Å². The second-order valence-corrected chi connectivity index (χ2v) is 7.85. The fraction of sp³-hybridized carbons (Fsp3) is 0.120. The minimum Gasteiger partial charge on any atom is -0.348 e. The maximum absolute atomic E-state index is 15.1. The Morgan fingerprint density at radius 1 is 1.09 bits per heavy atom. The van der Waals surface area contributed by atoms with Crippen molar-refractivity contribution in [1.82, 2.24) is 20.3 Å². The standard InChI is InChI=1S/C25H20FN5O2/c1-14-12-28-24(30-14)19-8-7-17(20-13-29-25(33)23(19)20)18-6-5-16(10-21(18)26)31-22(32)11-15-4-2-3-9-27-15/h2-10,12H,11,13H2,1H3,(H,28,30)(H,29,33)(H,31,32). The van der Waals surface area contributed by atoms with Gasteiger partial charge in [-0.25, -0.2) is 9.37 Å². The summed E-state index contributed by atoms with van der Waals surface area (Å²) in [4.78, 5) is 36.4. The van der Waals surface area contributed by atoms with Crippen molar-refractivity contribution in [3.8, 4) is 22.5 Å². The highest BCUT2D eigenvalue weighted by atomic mass is 19.1. The van der Waals surface area contributed by atoms with Crippen LogP contribution in [0.4, 0.5) is 10.1 Å². The van der Waals surface area contributed by atoms with Gasteiger partial charge in [0, 0.05) is 47.1 Å². The summed E-state index contributed by atoms with van der Waals surface area (Å²) in [6, 6.07) is 13.5. The first-order valence-electron chi connectivity index (χ1n) is 10.5. The van der Waals surface area contributed by atoms with E-state index >= 15 is 4.39 Å². The van der Waals surface area contributed by atoms with Gasteiger partial charge < -0.3 is 15.6 Å². The molecule has 0 unspecified atom stereocenters. The van der Waals surface area contributed by atoms with E-state index in [0.29, 0.717) is 46.0 Å². The topological polar surface area (TPSA) is 99.8 Å². The molecule has 0 saturated carbocycles. The lowest BCUT2D eigenvalue weighted by atomic mass is 9.92. The van der Waals surface area contributed by atoms with Crippen molar-refractivity contribution in [2.24, 2.45) is 0 Å². The normalized spacial score (nSPS) is 12.4. The van der Waals surface area contributed by atoms with Crippen molar-refractivity contribution < 1.29 is 14.0 Å². The monoisotopic (exact) mass is 441 g/mol. The SMILES string of the molecule is Cc1cnc(-c2ccc(-c3ccc(NC(=O)Cc4ccccn4)cc3F)c3c2C(=O)NC3)[nH]1. The number of pyridine rings is 1. The molecule has 0 atom stereocenters. The highest BCUT2D eigenvalue weighted by Gasteiger charge is 2.28. The van der Waals surface area contributed by atoms with Gasteiger partial charge in [0.2, 0.25) is 5.91 Å². The van der Waals surface area contributed by atoms with Crippen molar-refractivity contribution >= 4 is 17.5 Å². The van der Waals surface area contributed by atoms with Crippen molar-refractivity contribution in [3.63, 3.8) is 0 Å². The molecule has 4 aromatic rings. The van der Waals surface area contributed by atoms with E-state index in [2.05, 4.69) is 25.6 Å². The van der Waals surface area contributed by atoms with Crippen LogP contribution in [0.15, 0.2) is 60.9 Å². The number of carbonyl (C=O) groups excluding carboxylic acids is 2. The van der Waals surface area contributed by atoms with Crippen LogP contribution in [0.5, 0.6) is 0 Å². The number of benzene rings is 2. The van der Waals surface area contributed by atoms with E-state index in [1.54, 1.807) is 54.9 Å². The Bertz CT molecular complexity index is 1380. The number of nitrogens with zero attached hydrogens (tertiary/aromatic N) is 2. The summed E-state index contributed by atoms with van der Waals surface area (Å²) >= 11 is 0. The summed E-state index contributed by atoms with van der Waals surface area (Å²) in [6.07, 6.45) is 3.41. The van der Waals surface area contributed by atoms with E-state index < -0.39 is 5.82 Å². The maximum Gasteiger partial charge on any atom is 0.252 e. The third kappa shape index (κ3) is 3.98. The number of fused-ring (bicyclic) bond motifs is 1. The van der Waals surface area contributed by atoms with Gasteiger partial charge in [-0.15, -0.1) is 0 Å². The van der Waals surface area contributed by atoms with Crippen molar-refractivity contribution in [2.45, 2.75) is 19.9 Å². The molecule has 3 N–H and O–H groups in total. The minimum atomic E-state index is -0.492. The second-order valence-electron chi connectivity index (χ2n) is 7.85. The quantitative estimate of drug-likeness (QED) is 0.436. The molecule has 0 radical (unpaired) electrons. The van der Waals surface area contributed by atoms with E-state index in [4.69, 9.17) is 0 Å². The molecule has 5 rings (SSSR count). The average Bonchev–Trinajstić information content (AvgIpc) is 3.40. The molecule has 33 heavy (non-hydrogen) atoms. The molecule has 0 saturated heterocycles. The summed E-state index contributed by atoms with van der Waals surface area (Å²) in [5.74, 6) is -0.392. The molecule has 2 aromatic heterocycles. The van der Waals surface area contributed by atoms with Gasteiger partial charge in [0.05, 0.1) is 12.0 Å². The van der Waals surface area contributed by atoms with Crippen LogP contribution in [0.25, 0.3) is 22.5 Å². The first-order valence-corrected chi connectivity index (χ1v) is 10.5. The lowest BCUT2D eigenvalue weighted by Gasteiger charge is -2.13. The number of imidazole rings is 1. The molecular weight excluding hydrogens is 421 g/mol. The summed E-state index contributed by atoms with van der Waals surface area (Å²) in [6.45, 7) is 2.19.